The van der Waals surface area contributed by atoms with E-state index in [4.69, 9.17) is 0 Å². The molecule has 24 heavy (non-hydrogen) atoms. The highest BCUT2D eigenvalue weighted by Crippen LogP contribution is 2.34. The predicted molar refractivity (Wildman–Crippen MR) is 83.2 cm³/mol. The zero-order chi connectivity index (χ0) is 17.3. The van der Waals surface area contributed by atoms with Crippen LogP contribution in [0.3, 0.4) is 0 Å². The molecular weight excluding hydrogens is 316 g/mol. The Kier molecular flexibility index (Phi) is 4.49. The van der Waals surface area contributed by atoms with Crippen molar-refractivity contribution in [2.45, 2.75) is 25.0 Å². The number of rotatable bonds is 3. The zero-order valence-electron chi connectivity index (χ0n) is 12.8. The zero-order valence-corrected chi connectivity index (χ0v) is 12.8. The van der Waals surface area contributed by atoms with Crippen LogP contribution >= 0.6 is 0 Å². The number of hydrogen-bond donors (Lipinski definition) is 2. The van der Waals surface area contributed by atoms with E-state index < -0.39 is 23.8 Å². The van der Waals surface area contributed by atoms with E-state index in [0.717, 1.165) is 18.2 Å². The second kappa shape index (κ2) is 6.57. The minimum absolute atomic E-state index is 0.00849. The van der Waals surface area contributed by atoms with E-state index in [0.29, 0.717) is 5.56 Å². The standard InChI is InChI=1S/C18H17F2NO3/c19-12-4-5-16(20)15(8-12)17-9-14(23)10-21(17)18(24)7-11-2-1-3-13(22)6-11/h1-6,8,14,17,22-23H,7,9-10H2/t14-,17+/m0/s1. The molecule has 1 fully saturated rings. The van der Waals surface area contributed by atoms with E-state index in [2.05, 4.69) is 0 Å². The highest BCUT2D eigenvalue weighted by molar-refractivity contribution is 5.79. The molecule has 2 N–H and O–H groups in total. The molecule has 0 unspecified atom stereocenters. The number of carbonyl (C=O) groups excluding carboxylic acids is 1. The van der Waals surface area contributed by atoms with Crippen molar-refractivity contribution in [3.8, 4) is 5.75 Å². The van der Waals surface area contributed by atoms with E-state index >= 15 is 0 Å². The topological polar surface area (TPSA) is 60.8 Å². The molecule has 0 saturated carbocycles. The van der Waals surface area contributed by atoms with Crippen LogP contribution in [0.25, 0.3) is 0 Å². The largest absolute Gasteiger partial charge is 0.508 e. The molecule has 0 aliphatic carbocycles. The van der Waals surface area contributed by atoms with Crippen molar-refractivity contribution < 1.29 is 23.8 Å². The molecule has 1 aliphatic heterocycles. The van der Waals surface area contributed by atoms with Crippen LogP contribution in [0.15, 0.2) is 42.5 Å². The van der Waals surface area contributed by atoms with E-state index in [1.54, 1.807) is 12.1 Å². The first-order valence-corrected chi connectivity index (χ1v) is 7.64. The predicted octanol–water partition coefficient (Wildman–Crippen LogP) is 2.55. The van der Waals surface area contributed by atoms with Gasteiger partial charge in [0.25, 0.3) is 0 Å². The number of β-amino-alcohol motifs (C(OH)–C–C–N with tert-alkyl or cyclic N) is 1. The molecule has 0 spiro atoms. The number of phenolic OH excluding ortho intramolecular Hbond substituents is 1. The molecule has 1 heterocycles. The summed E-state index contributed by atoms with van der Waals surface area (Å²) in [6.07, 6.45) is -0.619. The molecule has 1 aliphatic rings. The van der Waals surface area contributed by atoms with Gasteiger partial charge in [0.05, 0.1) is 18.6 Å². The molecule has 6 heteroatoms. The summed E-state index contributed by atoms with van der Waals surface area (Å²) in [5.74, 6) is -1.46. The average Bonchev–Trinajstić information content (AvgIpc) is 2.91. The lowest BCUT2D eigenvalue weighted by Gasteiger charge is -2.25. The smallest absolute Gasteiger partial charge is 0.227 e. The number of hydrogen-bond acceptors (Lipinski definition) is 3. The maximum atomic E-state index is 14.0. The number of aliphatic hydroxyl groups excluding tert-OH is 1. The summed E-state index contributed by atoms with van der Waals surface area (Å²) >= 11 is 0. The first kappa shape index (κ1) is 16.4. The highest BCUT2D eigenvalue weighted by Gasteiger charge is 2.36. The van der Waals surface area contributed by atoms with Crippen molar-refractivity contribution in [2.24, 2.45) is 0 Å². The third kappa shape index (κ3) is 3.38. The molecule has 2 atom stereocenters. The highest BCUT2D eigenvalue weighted by atomic mass is 19.1. The second-order valence-electron chi connectivity index (χ2n) is 5.96. The third-order valence-electron chi connectivity index (χ3n) is 4.18. The first-order valence-electron chi connectivity index (χ1n) is 7.64. The van der Waals surface area contributed by atoms with Crippen LogP contribution in [-0.2, 0) is 11.2 Å². The van der Waals surface area contributed by atoms with Gasteiger partial charge >= 0.3 is 0 Å². The molecule has 126 valence electrons. The molecular formula is C18H17F2NO3. The van der Waals surface area contributed by atoms with Crippen molar-refractivity contribution in [3.05, 3.63) is 65.2 Å². The Labute approximate surface area is 138 Å². The molecule has 0 bridgehead atoms. The molecule has 0 aromatic heterocycles. The molecule has 1 amide bonds. The van der Waals surface area contributed by atoms with Crippen molar-refractivity contribution in [1.29, 1.82) is 0 Å². The van der Waals surface area contributed by atoms with Crippen molar-refractivity contribution >= 4 is 5.91 Å². The third-order valence-corrected chi connectivity index (χ3v) is 4.18. The number of likely N-dealkylation sites (tertiary alicyclic amines) is 1. The van der Waals surface area contributed by atoms with Gasteiger partial charge in [0.2, 0.25) is 5.91 Å². The minimum Gasteiger partial charge on any atom is -0.508 e. The fourth-order valence-electron chi connectivity index (χ4n) is 3.10. The lowest BCUT2D eigenvalue weighted by Crippen LogP contribution is -2.33. The molecule has 4 nitrogen and oxygen atoms in total. The Morgan fingerprint density at radius 3 is 2.75 bits per heavy atom. The van der Waals surface area contributed by atoms with Gasteiger partial charge in [-0.3, -0.25) is 4.79 Å². The molecule has 2 aromatic rings. The van der Waals surface area contributed by atoms with E-state index in [9.17, 15) is 23.8 Å². The van der Waals surface area contributed by atoms with Crippen LogP contribution in [0.4, 0.5) is 8.78 Å². The lowest BCUT2D eigenvalue weighted by molar-refractivity contribution is -0.131. The van der Waals surface area contributed by atoms with Crippen LogP contribution in [0.1, 0.15) is 23.6 Å². The number of nitrogens with zero attached hydrogens (tertiary/aromatic N) is 1. The minimum atomic E-state index is -0.786. The van der Waals surface area contributed by atoms with Gasteiger partial charge in [-0.25, -0.2) is 8.78 Å². The summed E-state index contributed by atoms with van der Waals surface area (Å²) in [5, 5.41) is 19.4. The monoisotopic (exact) mass is 333 g/mol. The summed E-state index contributed by atoms with van der Waals surface area (Å²) in [6, 6.07) is 8.69. The second-order valence-corrected chi connectivity index (χ2v) is 5.96. The summed E-state index contributed by atoms with van der Waals surface area (Å²) in [4.78, 5) is 13.9. The van der Waals surface area contributed by atoms with Crippen LogP contribution in [0.5, 0.6) is 5.75 Å². The fraction of sp³-hybridized carbons (Fsp3) is 0.278. The van der Waals surface area contributed by atoms with Gasteiger partial charge in [0.15, 0.2) is 0 Å². The van der Waals surface area contributed by atoms with Gasteiger partial charge in [-0.1, -0.05) is 12.1 Å². The van der Waals surface area contributed by atoms with Crippen LogP contribution in [0, 0.1) is 11.6 Å². The number of aromatic hydroxyl groups is 1. The summed E-state index contributed by atoms with van der Waals surface area (Å²) in [7, 11) is 0. The van der Waals surface area contributed by atoms with Crippen molar-refractivity contribution in [3.63, 3.8) is 0 Å². The number of aliphatic hydroxyl groups is 1. The Morgan fingerprint density at radius 2 is 2.00 bits per heavy atom. The number of phenols is 1. The van der Waals surface area contributed by atoms with E-state index in [-0.39, 0.29) is 36.6 Å². The molecule has 1 saturated heterocycles. The number of amides is 1. The summed E-state index contributed by atoms with van der Waals surface area (Å²) < 4.78 is 27.5. The fourth-order valence-corrected chi connectivity index (χ4v) is 3.10. The summed E-state index contributed by atoms with van der Waals surface area (Å²) in [6.45, 7) is 0.0677. The van der Waals surface area contributed by atoms with Gasteiger partial charge in [-0.15, -0.1) is 0 Å². The Balaban J connectivity index is 1.85. The van der Waals surface area contributed by atoms with Gasteiger partial charge in [0, 0.05) is 12.1 Å². The quantitative estimate of drug-likeness (QED) is 0.907. The van der Waals surface area contributed by atoms with Crippen LogP contribution in [-0.4, -0.2) is 33.7 Å². The average molecular weight is 333 g/mol. The van der Waals surface area contributed by atoms with Crippen molar-refractivity contribution in [1.82, 2.24) is 4.90 Å². The van der Waals surface area contributed by atoms with Crippen LogP contribution < -0.4 is 0 Å². The van der Waals surface area contributed by atoms with Crippen LogP contribution in [0.2, 0.25) is 0 Å². The molecule has 2 aromatic carbocycles. The Morgan fingerprint density at radius 1 is 1.21 bits per heavy atom. The lowest BCUT2D eigenvalue weighted by atomic mass is 10.0. The number of carbonyl (C=O) groups is 1. The summed E-state index contributed by atoms with van der Waals surface area (Å²) in [5.41, 5.74) is 0.677. The molecule has 3 rings (SSSR count). The molecule has 0 radical (unpaired) electrons. The maximum absolute atomic E-state index is 14.0. The van der Waals surface area contributed by atoms with E-state index in [1.165, 1.54) is 17.0 Å². The number of halogens is 2. The Bertz CT molecular complexity index is 766. The number of benzene rings is 2. The SMILES string of the molecule is O=C(Cc1cccc(O)c1)N1C[C@@H](O)C[C@@H]1c1cc(F)ccc1F. The van der Waals surface area contributed by atoms with Gasteiger partial charge < -0.3 is 15.1 Å². The van der Waals surface area contributed by atoms with Crippen molar-refractivity contribution in [2.75, 3.05) is 6.54 Å². The van der Waals surface area contributed by atoms with Gasteiger partial charge in [-0.2, -0.15) is 0 Å². The van der Waals surface area contributed by atoms with Gasteiger partial charge in [0.1, 0.15) is 17.4 Å². The first-order chi connectivity index (χ1) is 11.4. The van der Waals surface area contributed by atoms with E-state index in [1.807, 2.05) is 0 Å². The van der Waals surface area contributed by atoms with Gasteiger partial charge in [-0.05, 0) is 42.3 Å². The maximum Gasteiger partial charge on any atom is 0.227 e. The Hall–Kier alpha value is -2.47. The normalized spacial score (nSPS) is 20.4.